The molecule has 0 aliphatic carbocycles. The number of aliphatic hydroxyl groups excluding tert-OH is 2. The number of rotatable bonds is 3. The van der Waals surface area contributed by atoms with E-state index in [2.05, 4.69) is 23.7 Å². The van der Waals surface area contributed by atoms with E-state index in [9.17, 15) is 10.2 Å². The quantitative estimate of drug-likeness (QED) is 0.856. The number of piperidine rings is 1. The number of aliphatic hydroxyl groups is 2. The summed E-state index contributed by atoms with van der Waals surface area (Å²) in [6, 6.07) is 3.87. The lowest BCUT2D eigenvalue weighted by Crippen LogP contribution is -2.38. The van der Waals surface area contributed by atoms with E-state index in [1.54, 1.807) is 0 Å². The van der Waals surface area contributed by atoms with E-state index in [4.69, 9.17) is 0 Å². The Labute approximate surface area is 108 Å². The zero-order valence-electron chi connectivity index (χ0n) is 11.1. The van der Waals surface area contributed by atoms with Crippen molar-refractivity contribution < 1.29 is 10.2 Å². The molecule has 2 N–H and O–H groups in total. The molecule has 1 aliphatic heterocycles. The Balaban J connectivity index is 2.28. The third-order valence-electron chi connectivity index (χ3n) is 3.39. The van der Waals surface area contributed by atoms with Crippen LogP contribution in [0.25, 0.3) is 0 Å². The summed E-state index contributed by atoms with van der Waals surface area (Å²) in [6.07, 6.45) is 1.59. The first-order valence-electron chi connectivity index (χ1n) is 6.65. The molecule has 0 radical (unpaired) electrons. The Morgan fingerprint density at radius 3 is 2.83 bits per heavy atom. The smallest absolute Gasteiger partial charge is 0.129 e. The van der Waals surface area contributed by atoms with Gasteiger partial charge in [0, 0.05) is 18.8 Å². The molecule has 1 saturated heterocycles. The normalized spacial score (nSPS) is 20.5. The molecule has 1 aromatic rings. The fourth-order valence-electron chi connectivity index (χ4n) is 2.31. The number of β-amino-alcohol motifs (C(OH)–C–C–N with tert-alkyl or cyclic N) is 1. The van der Waals surface area contributed by atoms with Gasteiger partial charge in [-0.1, -0.05) is 13.8 Å². The topological polar surface area (TPSA) is 56.6 Å². The summed E-state index contributed by atoms with van der Waals surface area (Å²) in [5, 5.41) is 19.1. The van der Waals surface area contributed by atoms with Crippen LogP contribution in [0, 0.1) is 0 Å². The molecule has 1 unspecified atom stereocenters. The first-order valence-corrected chi connectivity index (χ1v) is 6.65. The zero-order chi connectivity index (χ0) is 13.1. The van der Waals surface area contributed by atoms with Gasteiger partial charge in [0.05, 0.1) is 12.7 Å². The summed E-state index contributed by atoms with van der Waals surface area (Å²) >= 11 is 0. The summed E-state index contributed by atoms with van der Waals surface area (Å²) in [5.74, 6) is 1.22. The number of aromatic nitrogens is 1. The van der Waals surface area contributed by atoms with Crippen LogP contribution in [0.5, 0.6) is 0 Å². The highest BCUT2D eigenvalue weighted by Crippen LogP contribution is 2.23. The molecule has 0 bridgehead atoms. The zero-order valence-corrected chi connectivity index (χ0v) is 11.1. The van der Waals surface area contributed by atoms with Crippen LogP contribution in [0.3, 0.4) is 0 Å². The second-order valence-corrected chi connectivity index (χ2v) is 5.31. The highest BCUT2D eigenvalue weighted by molar-refractivity contribution is 5.43. The van der Waals surface area contributed by atoms with Gasteiger partial charge in [0.2, 0.25) is 0 Å². The SMILES string of the molecule is CC(C)c1cc(CO)cc(N2CCCC(O)C2)n1. The van der Waals surface area contributed by atoms with Crippen molar-refractivity contribution in [3.05, 3.63) is 23.4 Å². The average Bonchev–Trinajstić information content (AvgIpc) is 2.38. The van der Waals surface area contributed by atoms with Crippen LogP contribution < -0.4 is 4.90 Å². The predicted molar refractivity (Wildman–Crippen MR) is 71.7 cm³/mol. The minimum atomic E-state index is -0.263. The number of pyridine rings is 1. The van der Waals surface area contributed by atoms with Gasteiger partial charge >= 0.3 is 0 Å². The Kier molecular flexibility index (Phi) is 4.19. The number of anilines is 1. The van der Waals surface area contributed by atoms with Crippen molar-refractivity contribution in [2.75, 3.05) is 18.0 Å². The molecule has 1 fully saturated rings. The van der Waals surface area contributed by atoms with Gasteiger partial charge in [-0.25, -0.2) is 4.98 Å². The molecule has 2 heterocycles. The van der Waals surface area contributed by atoms with E-state index < -0.39 is 0 Å². The third kappa shape index (κ3) is 3.00. The lowest BCUT2D eigenvalue weighted by Gasteiger charge is -2.31. The summed E-state index contributed by atoms with van der Waals surface area (Å²) < 4.78 is 0. The largest absolute Gasteiger partial charge is 0.392 e. The molecule has 2 rings (SSSR count). The standard InChI is InChI=1S/C14H22N2O2/c1-10(2)13-6-11(9-17)7-14(15-13)16-5-3-4-12(18)8-16/h6-7,10,12,17-18H,3-5,8-9H2,1-2H3. The van der Waals surface area contributed by atoms with Crippen LogP contribution >= 0.6 is 0 Å². The van der Waals surface area contributed by atoms with E-state index in [0.717, 1.165) is 36.5 Å². The van der Waals surface area contributed by atoms with Gasteiger partial charge in [0.25, 0.3) is 0 Å². The monoisotopic (exact) mass is 250 g/mol. The highest BCUT2D eigenvalue weighted by Gasteiger charge is 2.19. The molecule has 1 aromatic heterocycles. The first-order chi connectivity index (χ1) is 8.60. The Morgan fingerprint density at radius 1 is 1.44 bits per heavy atom. The van der Waals surface area contributed by atoms with E-state index in [0.29, 0.717) is 12.5 Å². The summed E-state index contributed by atoms with van der Waals surface area (Å²) in [6.45, 7) is 5.79. The lowest BCUT2D eigenvalue weighted by molar-refractivity contribution is 0.154. The summed E-state index contributed by atoms with van der Waals surface area (Å²) in [7, 11) is 0. The van der Waals surface area contributed by atoms with Gasteiger partial charge in [0.1, 0.15) is 5.82 Å². The molecule has 1 aliphatic rings. The van der Waals surface area contributed by atoms with E-state index in [1.165, 1.54) is 0 Å². The molecule has 0 aromatic carbocycles. The molecule has 4 heteroatoms. The fourth-order valence-corrected chi connectivity index (χ4v) is 2.31. The summed E-state index contributed by atoms with van der Waals surface area (Å²) in [4.78, 5) is 6.75. The van der Waals surface area contributed by atoms with Gasteiger partial charge in [-0.2, -0.15) is 0 Å². The molecule has 0 saturated carbocycles. The molecule has 0 amide bonds. The number of hydrogen-bond acceptors (Lipinski definition) is 4. The van der Waals surface area contributed by atoms with Crippen LogP contribution in [-0.4, -0.2) is 34.4 Å². The van der Waals surface area contributed by atoms with Crippen molar-refractivity contribution in [2.24, 2.45) is 0 Å². The second kappa shape index (κ2) is 5.67. The van der Waals surface area contributed by atoms with Crippen LogP contribution in [-0.2, 0) is 6.61 Å². The maximum Gasteiger partial charge on any atom is 0.129 e. The third-order valence-corrected chi connectivity index (χ3v) is 3.39. The Morgan fingerprint density at radius 2 is 2.22 bits per heavy atom. The lowest BCUT2D eigenvalue weighted by atomic mass is 10.1. The molecular formula is C14H22N2O2. The van der Waals surface area contributed by atoms with Crippen LogP contribution in [0.4, 0.5) is 5.82 Å². The molecule has 4 nitrogen and oxygen atoms in total. The molecule has 18 heavy (non-hydrogen) atoms. The van der Waals surface area contributed by atoms with Gasteiger partial charge in [0.15, 0.2) is 0 Å². The molecule has 100 valence electrons. The predicted octanol–water partition coefficient (Wildman–Crippen LogP) is 1.66. The second-order valence-electron chi connectivity index (χ2n) is 5.31. The molecule has 1 atom stereocenters. The van der Waals surface area contributed by atoms with Gasteiger partial charge < -0.3 is 15.1 Å². The minimum Gasteiger partial charge on any atom is -0.392 e. The Bertz CT molecular complexity index is 407. The average molecular weight is 250 g/mol. The molecule has 0 spiro atoms. The van der Waals surface area contributed by atoms with E-state index in [1.807, 2.05) is 12.1 Å². The Hall–Kier alpha value is -1.13. The van der Waals surface area contributed by atoms with E-state index >= 15 is 0 Å². The van der Waals surface area contributed by atoms with Gasteiger partial charge in [-0.05, 0) is 36.5 Å². The molecular weight excluding hydrogens is 228 g/mol. The van der Waals surface area contributed by atoms with Crippen molar-refractivity contribution >= 4 is 5.82 Å². The number of hydrogen-bond donors (Lipinski definition) is 2. The van der Waals surface area contributed by atoms with Crippen LogP contribution in [0.15, 0.2) is 12.1 Å². The van der Waals surface area contributed by atoms with Crippen molar-refractivity contribution in [2.45, 2.75) is 45.3 Å². The van der Waals surface area contributed by atoms with Crippen LogP contribution in [0.2, 0.25) is 0 Å². The van der Waals surface area contributed by atoms with Crippen molar-refractivity contribution in [3.8, 4) is 0 Å². The van der Waals surface area contributed by atoms with Crippen molar-refractivity contribution in [1.29, 1.82) is 0 Å². The number of nitrogens with zero attached hydrogens (tertiary/aromatic N) is 2. The fraction of sp³-hybridized carbons (Fsp3) is 0.643. The van der Waals surface area contributed by atoms with Crippen molar-refractivity contribution in [1.82, 2.24) is 4.98 Å². The highest BCUT2D eigenvalue weighted by atomic mass is 16.3. The summed E-state index contributed by atoms with van der Waals surface area (Å²) in [5.41, 5.74) is 1.89. The maximum absolute atomic E-state index is 9.73. The van der Waals surface area contributed by atoms with Gasteiger partial charge in [-0.3, -0.25) is 0 Å². The maximum atomic E-state index is 9.73. The first kappa shape index (κ1) is 13.3. The van der Waals surface area contributed by atoms with Gasteiger partial charge in [-0.15, -0.1) is 0 Å². The van der Waals surface area contributed by atoms with E-state index in [-0.39, 0.29) is 12.7 Å². The van der Waals surface area contributed by atoms with Crippen molar-refractivity contribution in [3.63, 3.8) is 0 Å². The minimum absolute atomic E-state index is 0.0334. The van der Waals surface area contributed by atoms with Crippen LogP contribution in [0.1, 0.15) is 43.9 Å².